The van der Waals surface area contributed by atoms with Crippen molar-refractivity contribution in [1.29, 1.82) is 0 Å². The molecular formula is C14H22N4S. The van der Waals surface area contributed by atoms with Crippen molar-refractivity contribution in [2.24, 2.45) is 7.05 Å². The van der Waals surface area contributed by atoms with Crippen molar-refractivity contribution in [3.8, 4) is 0 Å². The first-order valence-electron chi connectivity index (χ1n) is 6.70. The lowest BCUT2D eigenvalue weighted by atomic mass is 10.1. The third kappa shape index (κ3) is 3.04. The molecule has 2 aromatic rings. The summed E-state index contributed by atoms with van der Waals surface area (Å²) < 4.78 is 2.07. The van der Waals surface area contributed by atoms with Gasteiger partial charge in [-0.1, -0.05) is 6.92 Å². The van der Waals surface area contributed by atoms with Gasteiger partial charge in [0.05, 0.1) is 6.54 Å². The highest BCUT2D eigenvalue weighted by atomic mass is 32.1. The highest BCUT2D eigenvalue weighted by Gasteiger charge is 2.13. The van der Waals surface area contributed by atoms with Crippen LogP contribution in [0, 0.1) is 13.8 Å². The fraction of sp³-hybridized carbons (Fsp3) is 0.571. The third-order valence-corrected chi connectivity index (χ3v) is 4.47. The van der Waals surface area contributed by atoms with Crippen molar-refractivity contribution in [3.05, 3.63) is 33.0 Å². The zero-order valence-corrected chi connectivity index (χ0v) is 13.1. The van der Waals surface area contributed by atoms with Crippen LogP contribution in [0.3, 0.4) is 0 Å². The Morgan fingerprint density at radius 3 is 2.53 bits per heavy atom. The number of rotatable bonds is 5. The maximum atomic E-state index is 4.23. The Bertz CT molecular complexity index is 556. The second-order valence-corrected chi connectivity index (χ2v) is 6.38. The molecule has 0 amide bonds. The van der Waals surface area contributed by atoms with E-state index in [2.05, 4.69) is 53.8 Å². The summed E-state index contributed by atoms with van der Waals surface area (Å²) in [5.41, 5.74) is 1.39. The van der Waals surface area contributed by atoms with Crippen molar-refractivity contribution >= 4 is 11.3 Å². The molecule has 0 spiro atoms. The number of thiophene rings is 1. The normalized spacial score (nSPS) is 12.9. The molecule has 4 nitrogen and oxygen atoms in total. The van der Waals surface area contributed by atoms with E-state index in [9.17, 15) is 0 Å². The molecule has 1 N–H and O–H groups in total. The fourth-order valence-electron chi connectivity index (χ4n) is 2.30. The molecule has 0 unspecified atom stereocenters. The van der Waals surface area contributed by atoms with Crippen LogP contribution in [0.25, 0.3) is 0 Å². The van der Waals surface area contributed by atoms with Gasteiger partial charge in [0.15, 0.2) is 0 Å². The molecule has 104 valence electrons. The van der Waals surface area contributed by atoms with E-state index in [-0.39, 0.29) is 0 Å². The molecule has 0 aromatic carbocycles. The molecule has 2 heterocycles. The van der Waals surface area contributed by atoms with Crippen molar-refractivity contribution in [2.45, 2.75) is 46.7 Å². The SMILES string of the molecule is CCc1nnc(CN[C@H](C)c2cc(C)sc2C)n1C. The Labute approximate surface area is 118 Å². The standard InChI is InChI=1S/C14H22N4S/c1-6-13-16-17-14(18(13)5)8-15-10(3)12-7-9(2)19-11(12)4/h7,10,15H,6,8H2,1-5H3/t10-/m1/s1. The molecule has 0 aliphatic carbocycles. The van der Waals surface area contributed by atoms with E-state index in [1.807, 2.05) is 18.4 Å². The molecule has 1 atom stereocenters. The summed E-state index contributed by atoms with van der Waals surface area (Å²) in [7, 11) is 2.03. The molecule has 0 aliphatic heterocycles. The first kappa shape index (κ1) is 14.2. The zero-order valence-electron chi connectivity index (χ0n) is 12.3. The van der Waals surface area contributed by atoms with E-state index in [4.69, 9.17) is 0 Å². The lowest BCUT2D eigenvalue weighted by molar-refractivity contribution is 0.546. The van der Waals surface area contributed by atoms with Gasteiger partial charge >= 0.3 is 0 Å². The van der Waals surface area contributed by atoms with Crippen LogP contribution in [0.4, 0.5) is 0 Å². The van der Waals surface area contributed by atoms with Gasteiger partial charge in [0.25, 0.3) is 0 Å². The van der Waals surface area contributed by atoms with E-state index >= 15 is 0 Å². The van der Waals surface area contributed by atoms with Crippen LogP contribution < -0.4 is 5.32 Å². The van der Waals surface area contributed by atoms with Gasteiger partial charge in [0.1, 0.15) is 11.6 Å². The summed E-state index contributed by atoms with van der Waals surface area (Å²) in [5.74, 6) is 2.03. The average molecular weight is 278 g/mol. The van der Waals surface area contributed by atoms with Crippen molar-refractivity contribution in [3.63, 3.8) is 0 Å². The van der Waals surface area contributed by atoms with Crippen LogP contribution in [0.5, 0.6) is 0 Å². The van der Waals surface area contributed by atoms with Gasteiger partial charge in [0, 0.05) is 29.3 Å². The lowest BCUT2D eigenvalue weighted by Gasteiger charge is -2.13. The van der Waals surface area contributed by atoms with E-state index in [1.54, 1.807) is 0 Å². The smallest absolute Gasteiger partial charge is 0.146 e. The molecule has 19 heavy (non-hydrogen) atoms. The Morgan fingerprint density at radius 2 is 2.00 bits per heavy atom. The number of aromatic nitrogens is 3. The summed E-state index contributed by atoms with van der Waals surface area (Å²) >= 11 is 1.86. The molecular weight excluding hydrogens is 256 g/mol. The highest BCUT2D eigenvalue weighted by Crippen LogP contribution is 2.26. The second-order valence-electron chi connectivity index (χ2n) is 4.92. The van der Waals surface area contributed by atoms with Gasteiger partial charge in [-0.15, -0.1) is 21.5 Å². The van der Waals surface area contributed by atoms with E-state index in [1.165, 1.54) is 15.3 Å². The first-order valence-corrected chi connectivity index (χ1v) is 7.52. The van der Waals surface area contributed by atoms with Crippen LogP contribution in [0.1, 0.15) is 46.9 Å². The Morgan fingerprint density at radius 1 is 1.32 bits per heavy atom. The molecule has 0 aliphatic rings. The Hall–Kier alpha value is -1.20. The van der Waals surface area contributed by atoms with Crippen LogP contribution in [0.2, 0.25) is 0 Å². The number of hydrogen-bond acceptors (Lipinski definition) is 4. The van der Waals surface area contributed by atoms with Gasteiger partial charge in [-0.2, -0.15) is 0 Å². The third-order valence-electron chi connectivity index (χ3n) is 3.48. The minimum absolute atomic E-state index is 0.340. The van der Waals surface area contributed by atoms with Gasteiger partial charge in [-0.05, 0) is 32.4 Å². The number of aryl methyl sites for hydroxylation is 3. The minimum atomic E-state index is 0.340. The second kappa shape index (κ2) is 5.84. The van der Waals surface area contributed by atoms with Gasteiger partial charge < -0.3 is 9.88 Å². The minimum Gasteiger partial charge on any atom is -0.317 e. The number of nitrogens with zero attached hydrogens (tertiary/aromatic N) is 3. The first-order chi connectivity index (χ1) is 9.02. The van der Waals surface area contributed by atoms with Crippen molar-refractivity contribution in [1.82, 2.24) is 20.1 Å². The maximum Gasteiger partial charge on any atom is 0.146 e. The van der Waals surface area contributed by atoms with Crippen molar-refractivity contribution in [2.75, 3.05) is 0 Å². The van der Waals surface area contributed by atoms with Crippen molar-refractivity contribution < 1.29 is 0 Å². The van der Waals surface area contributed by atoms with Crippen LogP contribution in [-0.4, -0.2) is 14.8 Å². The van der Waals surface area contributed by atoms with E-state index in [0.29, 0.717) is 6.04 Å². The molecule has 0 saturated heterocycles. The molecule has 5 heteroatoms. The van der Waals surface area contributed by atoms with Gasteiger partial charge in [-0.3, -0.25) is 0 Å². The van der Waals surface area contributed by atoms with Gasteiger partial charge in [0.2, 0.25) is 0 Å². The lowest BCUT2D eigenvalue weighted by Crippen LogP contribution is -2.20. The predicted molar refractivity (Wildman–Crippen MR) is 79.4 cm³/mol. The fourth-order valence-corrected chi connectivity index (χ4v) is 3.32. The monoisotopic (exact) mass is 278 g/mol. The quantitative estimate of drug-likeness (QED) is 0.914. The number of hydrogen-bond donors (Lipinski definition) is 1. The van der Waals surface area contributed by atoms with Crippen LogP contribution in [0.15, 0.2) is 6.07 Å². The summed E-state index contributed by atoms with van der Waals surface area (Å²) in [6.07, 6.45) is 0.919. The summed E-state index contributed by atoms with van der Waals surface area (Å²) in [4.78, 5) is 2.76. The molecule has 0 bridgehead atoms. The van der Waals surface area contributed by atoms with Crippen LogP contribution >= 0.6 is 11.3 Å². The van der Waals surface area contributed by atoms with E-state index in [0.717, 1.165) is 24.6 Å². The summed E-state index contributed by atoms with van der Waals surface area (Å²) in [6, 6.07) is 2.61. The maximum absolute atomic E-state index is 4.23. The summed E-state index contributed by atoms with van der Waals surface area (Å²) in [6.45, 7) is 9.39. The predicted octanol–water partition coefficient (Wildman–Crippen LogP) is 2.91. The van der Waals surface area contributed by atoms with E-state index < -0.39 is 0 Å². The molecule has 2 rings (SSSR count). The molecule has 2 aromatic heterocycles. The summed E-state index contributed by atoms with van der Waals surface area (Å²) in [5, 5.41) is 11.9. The van der Waals surface area contributed by atoms with Crippen LogP contribution in [-0.2, 0) is 20.0 Å². The molecule has 0 saturated carbocycles. The molecule has 0 radical (unpaired) electrons. The van der Waals surface area contributed by atoms with Gasteiger partial charge in [-0.25, -0.2) is 0 Å². The highest BCUT2D eigenvalue weighted by molar-refractivity contribution is 7.12. The largest absolute Gasteiger partial charge is 0.317 e. The molecule has 0 fully saturated rings. The Balaban J connectivity index is 2.02. The zero-order chi connectivity index (χ0) is 14.0. The Kier molecular flexibility index (Phi) is 4.37. The number of nitrogens with one attached hydrogen (secondary N) is 1. The average Bonchev–Trinajstić information content (AvgIpc) is 2.89. The topological polar surface area (TPSA) is 42.7 Å².